The number of amides is 2. The predicted molar refractivity (Wildman–Crippen MR) is 83.6 cm³/mol. The highest BCUT2D eigenvalue weighted by atomic mass is 79.9. The second kappa shape index (κ2) is 5.64. The van der Waals surface area contributed by atoms with Crippen molar-refractivity contribution >= 4 is 27.7 Å². The van der Waals surface area contributed by atoms with Crippen LogP contribution in [0.1, 0.15) is 23.7 Å². The number of likely N-dealkylation sites (tertiary alicyclic amines) is 1. The normalized spacial score (nSPS) is 20.5. The SMILES string of the molecule is CCC(=O)N1CC2=CN(C(=O)c3ccc(Br)cc3)CC2C1. The number of carbonyl (C=O) groups excluding carboxylic acids is 2. The number of fused-ring (bicyclic) bond motifs is 1. The van der Waals surface area contributed by atoms with Crippen molar-refractivity contribution in [3.8, 4) is 0 Å². The Morgan fingerprint density at radius 1 is 1.24 bits per heavy atom. The van der Waals surface area contributed by atoms with E-state index in [4.69, 9.17) is 0 Å². The Kier molecular flexibility index (Phi) is 3.85. The lowest BCUT2D eigenvalue weighted by Gasteiger charge is -2.19. The molecule has 1 aromatic rings. The molecule has 1 atom stereocenters. The van der Waals surface area contributed by atoms with E-state index in [1.165, 1.54) is 5.57 Å². The molecule has 0 bridgehead atoms. The van der Waals surface area contributed by atoms with Crippen molar-refractivity contribution in [3.05, 3.63) is 46.1 Å². The lowest BCUT2D eigenvalue weighted by molar-refractivity contribution is -0.129. The first-order valence-electron chi connectivity index (χ1n) is 7.13. The summed E-state index contributed by atoms with van der Waals surface area (Å²) in [6, 6.07) is 7.40. The molecule has 1 saturated heterocycles. The number of hydrogen-bond acceptors (Lipinski definition) is 2. The summed E-state index contributed by atoms with van der Waals surface area (Å²) in [7, 11) is 0. The van der Waals surface area contributed by atoms with Crippen molar-refractivity contribution in [2.24, 2.45) is 5.92 Å². The largest absolute Gasteiger partial charge is 0.338 e. The summed E-state index contributed by atoms with van der Waals surface area (Å²) in [5.74, 6) is 0.522. The molecule has 2 heterocycles. The van der Waals surface area contributed by atoms with Crippen LogP contribution in [0.15, 0.2) is 40.5 Å². The van der Waals surface area contributed by atoms with Crippen molar-refractivity contribution in [1.29, 1.82) is 0 Å². The summed E-state index contributed by atoms with van der Waals surface area (Å²) in [6.45, 7) is 3.97. The monoisotopic (exact) mass is 348 g/mol. The molecular weight excluding hydrogens is 332 g/mol. The molecule has 2 aliphatic rings. The van der Waals surface area contributed by atoms with Gasteiger partial charge in [-0.15, -0.1) is 0 Å². The van der Waals surface area contributed by atoms with Crippen LogP contribution in [-0.2, 0) is 4.79 Å². The lowest BCUT2D eigenvalue weighted by Crippen LogP contribution is -2.32. The smallest absolute Gasteiger partial charge is 0.257 e. The second-order valence-electron chi connectivity index (χ2n) is 5.49. The van der Waals surface area contributed by atoms with Crippen LogP contribution >= 0.6 is 15.9 Å². The summed E-state index contributed by atoms with van der Waals surface area (Å²) in [4.78, 5) is 27.8. The van der Waals surface area contributed by atoms with Gasteiger partial charge in [-0.05, 0) is 29.8 Å². The number of hydrogen-bond donors (Lipinski definition) is 0. The molecule has 1 aromatic carbocycles. The van der Waals surface area contributed by atoms with E-state index in [9.17, 15) is 9.59 Å². The summed E-state index contributed by atoms with van der Waals surface area (Å²) in [5, 5.41) is 0. The quantitative estimate of drug-likeness (QED) is 0.824. The molecule has 5 heteroatoms. The zero-order valence-electron chi connectivity index (χ0n) is 11.9. The van der Waals surface area contributed by atoms with Gasteiger partial charge in [0, 0.05) is 48.2 Å². The zero-order valence-corrected chi connectivity index (χ0v) is 13.5. The highest BCUT2D eigenvalue weighted by Crippen LogP contribution is 2.30. The van der Waals surface area contributed by atoms with Crippen molar-refractivity contribution in [2.75, 3.05) is 19.6 Å². The van der Waals surface area contributed by atoms with Gasteiger partial charge in [0.2, 0.25) is 5.91 Å². The molecular formula is C16H17BrN2O2. The van der Waals surface area contributed by atoms with Gasteiger partial charge >= 0.3 is 0 Å². The van der Waals surface area contributed by atoms with E-state index in [0.717, 1.165) is 11.0 Å². The maximum atomic E-state index is 12.4. The first-order valence-corrected chi connectivity index (χ1v) is 7.92. The van der Waals surface area contributed by atoms with E-state index >= 15 is 0 Å². The van der Waals surface area contributed by atoms with Gasteiger partial charge in [0.1, 0.15) is 0 Å². The molecule has 0 saturated carbocycles. The molecule has 110 valence electrons. The Balaban J connectivity index is 1.71. The van der Waals surface area contributed by atoms with Crippen molar-refractivity contribution in [1.82, 2.24) is 9.80 Å². The fourth-order valence-corrected chi connectivity index (χ4v) is 3.19. The Morgan fingerprint density at radius 3 is 2.57 bits per heavy atom. The third kappa shape index (κ3) is 2.75. The van der Waals surface area contributed by atoms with Crippen LogP contribution in [0.3, 0.4) is 0 Å². The molecule has 1 unspecified atom stereocenters. The zero-order chi connectivity index (χ0) is 15.0. The molecule has 0 N–H and O–H groups in total. The fraction of sp³-hybridized carbons (Fsp3) is 0.375. The Bertz CT molecular complexity index is 609. The highest BCUT2D eigenvalue weighted by Gasteiger charge is 2.36. The maximum Gasteiger partial charge on any atom is 0.257 e. The van der Waals surface area contributed by atoms with E-state index in [2.05, 4.69) is 15.9 Å². The van der Waals surface area contributed by atoms with E-state index < -0.39 is 0 Å². The van der Waals surface area contributed by atoms with Crippen molar-refractivity contribution < 1.29 is 9.59 Å². The van der Waals surface area contributed by atoms with Crippen LogP contribution in [0.2, 0.25) is 0 Å². The van der Waals surface area contributed by atoms with Gasteiger partial charge in [-0.1, -0.05) is 22.9 Å². The predicted octanol–water partition coefficient (Wildman–Crippen LogP) is 2.66. The number of nitrogens with zero attached hydrogens (tertiary/aromatic N) is 2. The van der Waals surface area contributed by atoms with Gasteiger partial charge < -0.3 is 9.80 Å². The molecule has 3 rings (SSSR count). The summed E-state index contributed by atoms with van der Waals surface area (Å²) in [6.07, 6.45) is 2.47. The molecule has 2 amide bonds. The molecule has 0 radical (unpaired) electrons. The molecule has 0 spiro atoms. The van der Waals surface area contributed by atoms with Crippen LogP contribution in [0.25, 0.3) is 0 Å². The lowest BCUT2D eigenvalue weighted by atomic mass is 10.1. The van der Waals surface area contributed by atoms with Gasteiger partial charge in [0.15, 0.2) is 0 Å². The highest BCUT2D eigenvalue weighted by molar-refractivity contribution is 9.10. The standard InChI is InChI=1S/C16H17BrN2O2/c1-2-15(20)18-7-12-9-19(10-13(12)8-18)16(21)11-3-5-14(17)6-4-11/h3-6,9,13H,2,7-8,10H2,1H3. The minimum absolute atomic E-state index is 0.0257. The Labute approximate surface area is 132 Å². The van der Waals surface area contributed by atoms with Gasteiger partial charge in [-0.25, -0.2) is 0 Å². The molecule has 4 nitrogen and oxygen atoms in total. The van der Waals surface area contributed by atoms with Crippen molar-refractivity contribution in [2.45, 2.75) is 13.3 Å². The van der Waals surface area contributed by atoms with E-state index in [1.54, 1.807) is 4.90 Å². The molecule has 2 aliphatic heterocycles. The number of benzene rings is 1. The van der Waals surface area contributed by atoms with Gasteiger partial charge in [-0.3, -0.25) is 9.59 Å². The first kappa shape index (κ1) is 14.3. The van der Waals surface area contributed by atoms with Gasteiger partial charge in [0.05, 0.1) is 0 Å². The minimum Gasteiger partial charge on any atom is -0.338 e. The van der Waals surface area contributed by atoms with E-state index in [-0.39, 0.29) is 11.8 Å². The Hall–Kier alpha value is -1.62. The average molecular weight is 349 g/mol. The van der Waals surface area contributed by atoms with E-state index in [1.807, 2.05) is 42.3 Å². The second-order valence-corrected chi connectivity index (χ2v) is 6.41. The Morgan fingerprint density at radius 2 is 1.95 bits per heavy atom. The summed E-state index contributed by atoms with van der Waals surface area (Å²) in [5.41, 5.74) is 1.89. The van der Waals surface area contributed by atoms with Crippen LogP contribution in [0.5, 0.6) is 0 Å². The third-order valence-electron chi connectivity index (χ3n) is 4.08. The molecule has 0 aromatic heterocycles. The van der Waals surface area contributed by atoms with Crippen molar-refractivity contribution in [3.63, 3.8) is 0 Å². The topological polar surface area (TPSA) is 40.6 Å². The number of rotatable bonds is 2. The summed E-state index contributed by atoms with van der Waals surface area (Å²) >= 11 is 3.37. The third-order valence-corrected chi connectivity index (χ3v) is 4.61. The van der Waals surface area contributed by atoms with Crippen LogP contribution in [0, 0.1) is 5.92 Å². The summed E-state index contributed by atoms with van der Waals surface area (Å²) < 4.78 is 0.962. The van der Waals surface area contributed by atoms with Gasteiger partial charge in [-0.2, -0.15) is 0 Å². The molecule has 21 heavy (non-hydrogen) atoms. The number of carbonyl (C=O) groups is 2. The molecule has 1 fully saturated rings. The minimum atomic E-state index is 0.0257. The van der Waals surface area contributed by atoms with Crippen LogP contribution < -0.4 is 0 Å². The first-order chi connectivity index (χ1) is 10.1. The maximum absolute atomic E-state index is 12.4. The molecule has 0 aliphatic carbocycles. The fourth-order valence-electron chi connectivity index (χ4n) is 2.92. The van der Waals surface area contributed by atoms with Crippen LogP contribution in [0.4, 0.5) is 0 Å². The number of halogens is 1. The van der Waals surface area contributed by atoms with E-state index in [0.29, 0.717) is 31.0 Å². The van der Waals surface area contributed by atoms with Crippen LogP contribution in [-0.4, -0.2) is 41.2 Å². The average Bonchev–Trinajstić information content (AvgIpc) is 3.05. The van der Waals surface area contributed by atoms with Gasteiger partial charge in [0.25, 0.3) is 5.91 Å².